The van der Waals surface area contributed by atoms with E-state index in [-0.39, 0.29) is 18.6 Å². The summed E-state index contributed by atoms with van der Waals surface area (Å²) in [6.45, 7) is 2.81. The summed E-state index contributed by atoms with van der Waals surface area (Å²) < 4.78 is 5.59. The molecule has 0 N–H and O–H groups in total. The number of nitrogens with zero attached hydrogens (tertiary/aromatic N) is 1. The van der Waals surface area contributed by atoms with E-state index in [1.54, 1.807) is 29.5 Å². The molecular formula is C17H17Cl2NO2S. The van der Waals surface area contributed by atoms with Crippen molar-refractivity contribution >= 4 is 40.4 Å². The molecule has 1 aliphatic heterocycles. The SMILES string of the molecule is CCC1c2ccsc2CCN1C(=O)COc1cc(Cl)ccc1Cl. The number of fused-ring (bicyclic) bond motifs is 1. The largest absolute Gasteiger partial charge is 0.482 e. The summed E-state index contributed by atoms with van der Waals surface area (Å²) in [5.74, 6) is 0.415. The van der Waals surface area contributed by atoms with E-state index in [1.807, 2.05) is 4.90 Å². The van der Waals surface area contributed by atoms with E-state index in [0.717, 1.165) is 19.4 Å². The minimum absolute atomic E-state index is 0.0234. The molecule has 1 aromatic heterocycles. The molecule has 0 saturated carbocycles. The van der Waals surface area contributed by atoms with E-state index in [9.17, 15) is 4.79 Å². The van der Waals surface area contributed by atoms with Crippen molar-refractivity contribution in [3.05, 3.63) is 50.1 Å². The van der Waals surface area contributed by atoms with Crippen molar-refractivity contribution in [3.63, 3.8) is 0 Å². The van der Waals surface area contributed by atoms with Crippen LogP contribution in [0.4, 0.5) is 0 Å². The number of hydrogen-bond acceptors (Lipinski definition) is 3. The zero-order chi connectivity index (χ0) is 16.4. The van der Waals surface area contributed by atoms with Gasteiger partial charge in [0.2, 0.25) is 0 Å². The van der Waals surface area contributed by atoms with Gasteiger partial charge in [0.1, 0.15) is 5.75 Å². The summed E-state index contributed by atoms with van der Waals surface area (Å²) >= 11 is 13.8. The molecule has 0 bridgehead atoms. The molecule has 0 spiro atoms. The predicted molar refractivity (Wildman–Crippen MR) is 94.7 cm³/mol. The first-order valence-corrected chi connectivity index (χ1v) is 9.17. The van der Waals surface area contributed by atoms with E-state index >= 15 is 0 Å². The highest BCUT2D eigenvalue weighted by Gasteiger charge is 2.30. The maximum Gasteiger partial charge on any atom is 0.261 e. The van der Waals surface area contributed by atoms with Crippen LogP contribution >= 0.6 is 34.5 Å². The molecule has 2 heterocycles. The second kappa shape index (κ2) is 7.12. The number of carbonyl (C=O) groups is 1. The van der Waals surface area contributed by atoms with Crippen LogP contribution in [0.1, 0.15) is 29.8 Å². The molecule has 3 rings (SSSR count). The van der Waals surface area contributed by atoms with Crippen LogP contribution in [0.3, 0.4) is 0 Å². The average molecular weight is 370 g/mol. The van der Waals surface area contributed by atoms with Crippen LogP contribution in [0.15, 0.2) is 29.6 Å². The Bertz CT molecular complexity index is 716. The number of amides is 1. The summed E-state index contributed by atoms with van der Waals surface area (Å²) in [4.78, 5) is 15.9. The Morgan fingerprint density at radius 3 is 3.00 bits per heavy atom. The molecule has 1 amide bonds. The first-order valence-electron chi connectivity index (χ1n) is 7.53. The van der Waals surface area contributed by atoms with Gasteiger partial charge in [-0.1, -0.05) is 30.1 Å². The molecule has 3 nitrogen and oxygen atoms in total. The van der Waals surface area contributed by atoms with Gasteiger partial charge in [0.15, 0.2) is 6.61 Å². The molecular weight excluding hydrogens is 353 g/mol. The number of ether oxygens (including phenoxy) is 1. The van der Waals surface area contributed by atoms with Crippen LogP contribution in [0.2, 0.25) is 10.0 Å². The first-order chi connectivity index (χ1) is 11.1. The lowest BCUT2D eigenvalue weighted by molar-refractivity contribution is -0.136. The third kappa shape index (κ3) is 3.49. The summed E-state index contributed by atoms with van der Waals surface area (Å²) in [6.07, 6.45) is 1.81. The molecule has 122 valence electrons. The van der Waals surface area contributed by atoms with Crippen LogP contribution in [-0.2, 0) is 11.2 Å². The van der Waals surface area contributed by atoms with Crippen molar-refractivity contribution in [1.82, 2.24) is 4.90 Å². The third-order valence-electron chi connectivity index (χ3n) is 4.05. The Morgan fingerprint density at radius 2 is 2.22 bits per heavy atom. The zero-order valence-corrected chi connectivity index (χ0v) is 15.0. The maximum atomic E-state index is 12.6. The monoisotopic (exact) mass is 369 g/mol. The van der Waals surface area contributed by atoms with E-state index in [0.29, 0.717) is 15.8 Å². The van der Waals surface area contributed by atoms with Gasteiger partial charge in [0, 0.05) is 22.5 Å². The van der Waals surface area contributed by atoms with Crippen LogP contribution in [0.5, 0.6) is 5.75 Å². The molecule has 0 saturated heterocycles. The summed E-state index contributed by atoms with van der Waals surface area (Å²) in [5.41, 5.74) is 1.28. The van der Waals surface area contributed by atoms with Gasteiger partial charge in [0.05, 0.1) is 11.1 Å². The maximum absolute atomic E-state index is 12.6. The Hall–Kier alpha value is -1.23. The molecule has 0 aliphatic carbocycles. The summed E-state index contributed by atoms with van der Waals surface area (Å²) in [5, 5.41) is 3.08. The van der Waals surface area contributed by atoms with Crippen molar-refractivity contribution in [3.8, 4) is 5.75 Å². The fourth-order valence-electron chi connectivity index (χ4n) is 2.95. The first kappa shape index (κ1) is 16.6. The third-order valence-corrected chi connectivity index (χ3v) is 5.59. The second-order valence-electron chi connectivity index (χ2n) is 5.42. The van der Waals surface area contributed by atoms with Crippen LogP contribution < -0.4 is 4.74 Å². The Kier molecular flexibility index (Phi) is 5.14. The fourth-order valence-corrected chi connectivity index (χ4v) is 4.21. The van der Waals surface area contributed by atoms with Gasteiger partial charge >= 0.3 is 0 Å². The highest BCUT2D eigenvalue weighted by Crippen LogP contribution is 2.35. The van der Waals surface area contributed by atoms with E-state index in [4.69, 9.17) is 27.9 Å². The summed E-state index contributed by atoms with van der Waals surface area (Å²) in [7, 11) is 0. The summed E-state index contributed by atoms with van der Waals surface area (Å²) in [6, 6.07) is 7.24. The molecule has 1 atom stereocenters. The topological polar surface area (TPSA) is 29.5 Å². The number of rotatable bonds is 4. The van der Waals surface area contributed by atoms with Crippen molar-refractivity contribution in [2.24, 2.45) is 0 Å². The Balaban J connectivity index is 1.70. The van der Waals surface area contributed by atoms with Gasteiger partial charge in [0.25, 0.3) is 5.91 Å². The molecule has 1 aliphatic rings. The normalized spacial score (nSPS) is 17.0. The van der Waals surface area contributed by atoms with Gasteiger partial charge in [-0.25, -0.2) is 0 Å². The number of benzene rings is 1. The number of carbonyl (C=O) groups excluding carboxylic acids is 1. The number of hydrogen-bond donors (Lipinski definition) is 0. The Morgan fingerprint density at radius 1 is 1.39 bits per heavy atom. The van der Waals surface area contributed by atoms with Crippen molar-refractivity contribution in [2.45, 2.75) is 25.8 Å². The predicted octanol–water partition coefficient (Wildman–Crippen LogP) is 4.97. The fraction of sp³-hybridized carbons (Fsp3) is 0.353. The van der Waals surface area contributed by atoms with Crippen molar-refractivity contribution in [1.29, 1.82) is 0 Å². The van der Waals surface area contributed by atoms with E-state index < -0.39 is 0 Å². The smallest absolute Gasteiger partial charge is 0.261 e. The van der Waals surface area contributed by atoms with Crippen LogP contribution in [0, 0.1) is 0 Å². The molecule has 1 aromatic carbocycles. The lowest BCUT2D eigenvalue weighted by Crippen LogP contribution is -2.41. The van der Waals surface area contributed by atoms with Gasteiger partial charge < -0.3 is 9.64 Å². The van der Waals surface area contributed by atoms with Crippen LogP contribution in [-0.4, -0.2) is 24.0 Å². The highest BCUT2D eigenvalue weighted by atomic mass is 35.5. The number of halogens is 2. The number of thiophene rings is 1. The van der Waals surface area contributed by atoms with Crippen LogP contribution in [0.25, 0.3) is 0 Å². The highest BCUT2D eigenvalue weighted by molar-refractivity contribution is 7.10. The van der Waals surface area contributed by atoms with Gasteiger partial charge in [-0.3, -0.25) is 4.79 Å². The Labute approximate surface area is 149 Å². The van der Waals surface area contributed by atoms with Gasteiger partial charge in [-0.2, -0.15) is 0 Å². The molecule has 0 radical (unpaired) electrons. The quantitative estimate of drug-likeness (QED) is 0.761. The zero-order valence-electron chi connectivity index (χ0n) is 12.7. The molecule has 2 aromatic rings. The van der Waals surface area contributed by atoms with E-state index in [2.05, 4.69) is 18.4 Å². The lowest BCUT2D eigenvalue weighted by atomic mass is 9.98. The lowest BCUT2D eigenvalue weighted by Gasteiger charge is -2.35. The standard InChI is InChI=1S/C17H17Cl2NO2S/c1-2-14-12-6-8-23-16(12)5-7-20(14)17(21)10-22-15-9-11(18)3-4-13(15)19/h3-4,6,8-9,14H,2,5,7,10H2,1H3. The van der Waals surface area contributed by atoms with Gasteiger partial charge in [-0.05, 0) is 42.0 Å². The minimum atomic E-state index is -0.0317. The molecule has 23 heavy (non-hydrogen) atoms. The molecule has 6 heteroatoms. The van der Waals surface area contributed by atoms with Crippen molar-refractivity contribution < 1.29 is 9.53 Å². The van der Waals surface area contributed by atoms with E-state index in [1.165, 1.54) is 10.4 Å². The molecule has 0 fully saturated rings. The minimum Gasteiger partial charge on any atom is -0.482 e. The van der Waals surface area contributed by atoms with Crippen molar-refractivity contribution in [2.75, 3.05) is 13.2 Å². The second-order valence-corrected chi connectivity index (χ2v) is 7.27. The molecule has 1 unspecified atom stereocenters. The average Bonchev–Trinajstić information content (AvgIpc) is 3.03. The van der Waals surface area contributed by atoms with Gasteiger partial charge in [-0.15, -0.1) is 11.3 Å².